The highest BCUT2D eigenvalue weighted by Gasteiger charge is 2.06. The minimum atomic E-state index is 0.0936. The molecule has 2 rings (SSSR count). The summed E-state index contributed by atoms with van der Waals surface area (Å²) < 4.78 is 5.59. The summed E-state index contributed by atoms with van der Waals surface area (Å²) in [5.74, 6) is 1.02. The zero-order valence-electron chi connectivity index (χ0n) is 4.94. The van der Waals surface area contributed by atoms with Crippen LogP contribution in [0.1, 0.15) is 5.56 Å². The van der Waals surface area contributed by atoms with Gasteiger partial charge in [-0.15, -0.1) is 0 Å². The van der Waals surface area contributed by atoms with Crippen molar-refractivity contribution in [1.29, 1.82) is 0 Å². The molecule has 0 unspecified atom stereocenters. The Morgan fingerprint density at radius 2 is 2.50 bits per heavy atom. The minimum absolute atomic E-state index is 0.0936. The Bertz CT molecular complexity index is 312. The van der Waals surface area contributed by atoms with Crippen LogP contribution in [0.4, 0.5) is 5.82 Å². The van der Waals surface area contributed by atoms with Gasteiger partial charge >= 0.3 is 0 Å². The van der Waals surface area contributed by atoms with Gasteiger partial charge in [-0.1, -0.05) is 20.7 Å². The fourth-order valence-corrected chi connectivity index (χ4v) is 3.53. The number of nitrogens with zero attached hydrogens (tertiary/aromatic N) is 1. The average molecular weight is 358 g/mol. The van der Waals surface area contributed by atoms with Crippen molar-refractivity contribution >= 4 is 57.4 Å². The van der Waals surface area contributed by atoms with Gasteiger partial charge in [0, 0.05) is 15.3 Å². The maximum atomic E-state index is 4.25. The van der Waals surface area contributed by atoms with Gasteiger partial charge in [0.25, 0.3) is 0 Å². The van der Waals surface area contributed by atoms with Crippen LogP contribution in [0.5, 0.6) is 0 Å². The molecular formula is C6H4I2N2. The van der Waals surface area contributed by atoms with Crippen molar-refractivity contribution in [1.82, 2.24) is 4.98 Å². The van der Waals surface area contributed by atoms with Gasteiger partial charge in [0.15, 0.2) is 0 Å². The van der Waals surface area contributed by atoms with Crippen LogP contribution in [-0.4, -0.2) is 13.2 Å². The molecule has 1 aliphatic rings. The van der Waals surface area contributed by atoms with Gasteiger partial charge in [0.1, 0.15) is 5.82 Å². The number of aromatic nitrogens is 1. The second kappa shape index (κ2) is 2.72. The summed E-state index contributed by atoms with van der Waals surface area (Å²) in [7, 11) is 0. The first-order valence-corrected chi connectivity index (χ1v) is 6.29. The van der Waals surface area contributed by atoms with Gasteiger partial charge in [-0.2, -0.15) is 0 Å². The lowest BCUT2D eigenvalue weighted by Crippen LogP contribution is -1.81. The summed E-state index contributed by atoms with van der Waals surface area (Å²) in [5.41, 5.74) is 1.30. The summed E-state index contributed by atoms with van der Waals surface area (Å²) in [6, 6.07) is 0. The molecule has 0 aromatic carbocycles. The lowest BCUT2D eigenvalue weighted by Gasteiger charge is -1.94. The molecule has 1 N–H and O–H groups in total. The maximum absolute atomic E-state index is 4.25. The number of hydrogen-bond acceptors (Lipinski definition) is 1. The number of hydrogen-bond donors (Lipinski definition) is 1. The van der Waals surface area contributed by atoms with Crippen molar-refractivity contribution in [2.24, 2.45) is 4.99 Å². The lowest BCUT2D eigenvalue weighted by atomic mass is 10.4. The largest absolute Gasteiger partial charge is 0.345 e. The molecule has 4 heteroatoms. The number of H-pyrrole nitrogens is 1. The number of halogens is 2. The molecule has 0 amide bonds. The monoisotopic (exact) mass is 358 g/mol. The van der Waals surface area contributed by atoms with Crippen molar-refractivity contribution in [2.45, 2.75) is 0 Å². The highest BCUT2D eigenvalue weighted by molar-refractivity contribution is 14.2. The smallest absolute Gasteiger partial charge is 0.139 e. The Balaban J connectivity index is 2.69. The van der Waals surface area contributed by atoms with Crippen LogP contribution in [0.25, 0.3) is 0 Å². The van der Waals surface area contributed by atoms with Crippen molar-refractivity contribution in [2.75, 3.05) is 0 Å². The molecule has 1 aromatic rings. The van der Waals surface area contributed by atoms with Crippen LogP contribution in [-0.2, 0) is 0 Å². The summed E-state index contributed by atoms with van der Waals surface area (Å²) in [6.45, 7) is 0. The van der Waals surface area contributed by atoms with Gasteiger partial charge in [0.2, 0.25) is 0 Å². The number of aromatic amines is 1. The fourth-order valence-electron chi connectivity index (χ4n) is 0.779. The highest BCUT2D eigenvalue weighted by Crippen LogP contribution is 2.25. The maximum Gasteiger partial charge on any atom is 0.139 e. The first-order chi connectivity index (χ1) is 4.88. The Kier molecular flexibility index (Phi) is 1.90. The van der Waals surface area contributed by atoms with Crippen molar-refractivity contribution in [3.63, 3.8) is 0 Å². The van der Waals surface area contributed by atoms with E-state index in [1.165, 1.54) is 9.13 Å². The van der Waals surface area contributed by atoms with Gasteiger partial charge in [-0.25, -0.2) is 4.99 Å². The third kappa shape index (κ3) is 1.07. The zero-order chi connectivity index (χ0) is 6.97. The van der Waals surface area contributed by atoms with E-state index in [9.17, 15) is 0 Å². The summed E-state index contributed by atoms with van der Waals surface area (Å²) in [5, 5.41) is 0. The molecule has 1 aromatic heterocycles. The fraction of sp³-hybridized carbons (Fsp3) is 0. The third-order valence-electron chi connectivity index (χ3n) is 1.25. The molecule has 0 fully saturated rings. The molecule has 0 atom stereocenters. The van der Waals surface area contributed by atoms with E-state index in [4.69, 9.17) is 0 Å². The van der Waals surface area contributed by atoms with Gasteiger partial charge in [0.05, 0.1) is 4.22 Å². The molecule has 1 aliphatic heterocycles. The normalized spacial score (nSPS) is 14.5. The molecule has 0 radical (unpaired) electrons. The van der Waals surface area contributed by atoms with Crippen LogP contribution in [0.15, 0.2) is 11.2 Å². The second-order valence-corrected chi connectivity index (χ2v) is 4.92. The number of fused-ring (bicyclic) bond motifs is 1. The Morgan fingerprint density at radius 3 is 3.30 bits per heavy atom. The lowest BCUT2D eigenvalue weighted by molar-refractivity contribution is 1.35. The Hall–Kier alpha value is 0.280. The number of nitrogens with one attached hydrogen (secondary N) is 1. The molecule has 0 aliphatic carbocycles. The molecule has 52 valence electrons. The summed E-state index contributed by atoms with van der Waals surface area (Å²) in [4.78, 5) is 7.35. The van der Waals surface area contributed by atoms with Gasteiger partial charge in [-0.3, -0.25) is 0 Å². The molecule has 2 heterocycles. The van der Waals surface area contributed by atoms with E-state index in [-0.39, 0.29) is 20.7 Å². The predicted molar refractivity (Wildman–Crippen MR) is 60.8 cm³/mol. The first kappa shape index (κ1) is 6.96. The highest BCUT2D eigenvalue weighted by atomic mass is 127. The Labute approximate surface area is 82.0 Å². The van der Waals surface area contributed by atoms with E-state index in [0.29, 0.717) is 0 Å². The standard InChI is InChI=1S/C6H4I2N2/c7-5-2-9-6-4(5)1-8-3-10-6/h1-3H,(H,9,10). The minimum Gasteiger partial charge on any atom is -0.345 e. The van der Waals surface area contributed by atoms with Crippen molar-refractivity contribution in [3.8, 4) is 0 Å². The van der Waals surface area contributed by atoms with Crippen molar-refractivity contribution < 1.29 is 0 Å². The van der Waals surface area contributed by atoms with E-state index in [1.807, 2.05) is 10.4 Å². The topological polar surface area (TPSA) is 28.1 Å². The zero-order valence-corrected chi connectivity index (χ0v) is 9.25. The van der Waals surface area contributed by atoms with E-state index in [2.05, 4.69) is 36.6 Å². The molecule has 0 saturated heterocycles. The molecule has 0 bridgehead atoms. The predicted octanol–water partition coefficient (Wildman–Crippen LogP) is 2.41. The van der Waals surface area contributed by atoms with Gasteiger partial charge < -0.3 is 4.98 Å². The molecule has 0 spiro atoms. The van der Waals surface area contributed by atoms with E-state index in [0.717, 1.165) is 5.82 Å². The van der Waals surface area contributed by atoms with E-state index < -0.39 is 0 Å². The van der Waals surface area contributed by atoms with Crippen LogP contribution >= 0.6 is 43.3 Å². The summed E-state index contributed by atoms with van der Waals surface area (Å²) >= 11 is 2.41. The quantitative estimate of drug-likeness (QED) is 0.691. The van der Waals surface area contributed by atoms with E-state index in [1.54, 1.807) is 0 Å². The molecular weight excluding hydrogens is 354 g/mol. The molecule has 10 heavy (non-hydrogen) atoms. The SMILES string of the molecule is Ic1c[nH]c2c1C=IC=N2. The van der Waals surface area contributed by atoms with Crippen LogP contribution in [0, 0.1) is 3.57 Å². The molecule has 0 saturated carbocycles. The van der Waals surface area contributed by atoms with Crippen LogP contribution in [0.3, 0.4) is 0 Å². The summed E-state index contributed by atoms with van der Waals surface area (Å²) in [6.07, 6.45) is 1.99. The first-order valence-electron chi connectivity index (χ1n) is 2.72. The second-order valence-electron chi connectivity index (χ2n) is 1.86. The number of rotatable bonds is 0. The molecule has 2 nitrogen and oxygen atoms in total. The van der Waals surface area contributed by atoms with Gasteiger partial charge in [-0.05, 0) is 26.6 Å². The number of aliphatic imine (C=N–C) groups is 1. The van der Waals surface area contributed by atoms with Crippen molar-refractivity contribution in [3.05, 3.63) is 15.3 Å². The van der Waals surface area contributed by atoms with E-state index >= 15 is 0 Å². The Morgan fingerprint density at radius 1 is 1.60 bits per heavy atom. The van der Waals surface area contributed by atoms with Crippen LogP contribution in [0.2, 0.25) is 0 Å². The van der Waals surface area contributed by atoms with Crippen LogP contribution < -0.4 is 0 Å². The third-order valence-corrected chi connectivity index (χ3v) is 3.73. The average Bonchev–Trinajstić information content (AvgIpc) is 2.34.